The van der Waals surface area contributed by atoms with Gasteiger partial charge < -0.3 is 15.2 Å². The Labute approximate surface area is 210 Å². The molecule has 0 aliphatic heterocycles. The Bertz CT molecular complexity index is 1310. The highest BCUT2D eigenvalue weighted by Crippen LogP contribution is 2.39. The second kappa shape index (κ2) is 10.1. The Balaban J connectivity index is 1.75. The Kier molecular flexibility index (Phi) is 7.15. The van der Waals surface area contributed by atoms with Crippen molar-refractivity contribution in [1.29, 1.82) is 0 Å². The third-order valence-electron chi connectivity index (χ3n) is 6.87. The number of pyridine rings is 1. The molecule has 0 radical (unpaired) electrons. The lowest BCUT2D eigenvalue weighted by Gasteiger charge is -2.21. The lowest BCUT2D eigenvalue weighted by molar-refractivity contribution is -0.122. The first-order chi connectivity index (χ1) is 17.1. The molecule has 1 saturated carbocycles. The Hall–Kier alpha value is -3.68. The van der Waals surface area contributed by atoms with E-state index in [1.165, 1.54) is 20.0 Å². The molecule has 1 atom stereocenters. The van der Waals surface area contributed by atoms with Crippen molar-refractivity contribution in [1.82, 2.24) is 9.61 Å². The van der Waals surface area contributed by atoms with Gasteiger partial charge >= 0.3 is 0 Å². The van der Waals surface area contributed by atoms with Gasteiger partial charge in [0.2, 0.25) is 5.91 Å². The van der Waals surface area contributed by atoms with Crippen LogP contribution < -0.4 is 15.2 Å². The molecule has 1 aliphatic rings. The van der Waals surface area contributed by atoms with Crippen molar-refractivity contribution in [2.45, 2.75) is 57.7 Å². The second-order valence-electron chi connectivity index (χ2n) is 9.81. The van der Waals surface area contributed by atoms with Crippen LogP contribution in [0.2, 0.25) is 0 Å². The van der Waals surface area contributed by atoms with E-state index >= 15 is 0 Å². The van der Waals surface area contributed by atoms with Crippen LogP contribution in [0.5, 0.6) is 11.5 Å². The SMILES string of the molecule is C=CC(F)Oc1cc(-c2cnn3cc(C(C)(C)C(N)=O)ccc23)cc(OC)c1C(=O)CCCC1CC1. The number of amides is 1. The van der Waals surface area contributed by atoms with E-state index in [0.717, 1.165) is 41.5 Å². The first-order valence-corrected chi connectivity index (χ1v) is 12.1. The minimum absolute atomic E-state index is 0.0963. The molecule has 2 aromatic heterocycles. The Morgan fingerprint density at radius 1 is 1.31 bits per heavy atom. The van der Waals surface area contributed by atoms with Crippen molar-refractivity contribution in [2.75, 3.05) is 7.11 Å². The molecule has 1 aliphatic carbocycles. The summed E-state index contributed by atoms with van der Waals surface area (Å²) >= 11 is 0. The van der Waals surface area contributed by atoms with E-state index in [1.54, 1.807) is 42.9 Å². The molecule has 4 rings (SSSR count). The van der Waals surface area contributed by atoms with Crippen molar-refractivity contribution in [3.8, 4) is 22.6 Å². The third-order valence-corrected chi connectivity index (χ3v) is 6.87. The smallest absolute Gasteiger partial charge is 0.257 e. The number of ether oxygens (including phenoxy) is 2. The maximum Gasteiger partial charge on any atom is 0.257 e. The highest BCUT2D eigenvalue weighted by Gasteiger charge is 2.29. The van der Waals surface area contributed by atoms with Crippen LogP contribution in [0.1, 0.15) is 61.9 Å². The van der Waals surface area contributed by atoms with E-state index in [9.17, 15) is 14.0 Å². The molecule has 190 valence electrons. The van der Waals surface area contributed by atoms with Gasteiger partial charge in [-0.2, -0.15) is 9.49 Å². The molecule has 8 heteroatoms. The van der Waals surface area contributed by atoms with Gasteiger partial charge in [-0.15, -0.1) is 0 Å². The van der Waals surface area contributed by atoms with Crippen LogP contribution in [0.4, 0.5) is 4.39 Å². The van der Waals surface area contributed by atoms with Gasteiger partial charge in [-0.25, -0.2) is 4.52 Å². The molecule has 0 saturated heterocycles. The molecule has 2 heterocycles. The third kappa shape index (κ3) is 5.12. The summed E-state index contributed by atoms with van der Waals surface area (Å²) in [4.78, 5) is 25.0. The molecule has 7 nitrogen and oxygen atoms in total. The molecule has 1 unspecified atom stereocenters. The highest BCUT2D eigenvalue weighted by molar-refractivity contribution is 6.02. The normalized spacial score (nSPS) is 14.4. The predicted octanol–water partition coefficient (Wildman–Crippen LogP) is 5.40. The van der Waals surface area contributed by atoms with Crippen molar-refractivity contribution in [2.24, 2.45) is 11.7 Å². The number of benzene rings is 1. The van der Waals surface area contributed by atoms with Crippen LogP contribution in [-0.4, -0.2) is 34.8 Å². The standard InChI is InChI=1S/C28H32FN3O4/c1-5-25(29)36-24-14-18(13-23(35-4)26(24)22(33)8-6-7-17-9-10-17)20-15-31-32-16-19(11-12-21(20)32)28(2,3)27(30)34/h5,11-17,25H,1,6-10H2,2-4H3,(H2,30,34). The summed E-state index contributed by atoms with van der Waals surface area (Å²) in [5.41, 5.74) is 7.76. The van der Waals surface area contributed by atoms with Gasteiger partial charge in [0.25, 0.3) is 6.36 Å². The molecule has 2 N–H and O–H groups in total. The quantitative estimate of drug-likeness (QED) is 0.269. The first kappa shape index (κ1) is 25.4. The molecular formula is C28H32FN3O4. The van der Waals surface area contributed by atoms with Gasteiger partial charge in [0.05, 0.1) is 24.2 Å². The molecule has 36 heavy (non-hydrogen) atoms. The number of methoxy groups -OCH3 is 1. The monoisotopic (exact) mass is 493 g/mol. The number of carbonyl (C=O) groups is 2. The highest BCUT2D eigenvalue weighted by atomic mass is 19.1. The van der Waals surface area contributed by atoms with Crippen molar-refractivity contribution in [3.63, 3.8) is 0 Å². The van der Waals surface area contributed by atoms with Crippen LogP contribution >= 0.6 is 0 Å². The summed E-state index contributed by atoms with van der Waals surface area (Å²) < 4.78 is 27.0. The van der Waals surface area contributed by atoms with Crippen LogP contribution in [-0.2, 0) is 10.2 Å². The van der Waals surface area contributed by atoms with E-state index in [2.05, 4.69) is 11.7 Å². The average molecular weight is 494 g/mol. The zero-order chi connectivity index (χ0) is 26.0. The van der Waals surface area contributed by atoms with E-state index in [1.807, 2.05) is 12.1 Å². The predicted molar refractivity (Wildman–Crippen MR) is 136 cm³/mol. The summed E-state index contributed by atoms with van der Waals surface area (Å²) in [6, 6.07) is 7.03. The van der Waals surface area contributed by atoms with Crippen LogP contribution in [0, 0.1) is 5.92 Å². The largest absolute Gasteiger partial charge is 0.496 e. The number of halogens is 1. The molecule has 1 aromatic carbocycles. The first-order valence-electron chi connectivity index (χ1n) is 12.1. The zero-order valence-corrected chi connectivity index (χ0v) is 20.9. The van der Waals surface area contributed by atoms with Gasteiger partial charge in [0.15, 0.2) is 5.78 Å². The summed E-state index contributed by atoms with van der Waals surface area (Å²) in [5.74, 6) is 0.531. The Morgan fingerprint density at radius 2 is 2.03 bits per heavy atom. The summed E-state index contributed by atoms with van der Waals surface area (Å²) in [5, 5.41) is 4.44. The fourth-order valence-corrected chi connectivity index (χ4v) is 4.24. The van der Waals surface area contributed by atoms with Crippen molar-refractivity contribution in [3.05, 3.63) is 60.4 Å². The summed E-state index contributed by atoms with van der Waals surface area (Å²) in [6.07, 6.45) is 7.22. The van der Waals surface area contributed by atoms with E-state index in [-0.39, 0.29) is 17.1 Å². The van der Waals surface area contributed by atoms with Gasteiger partial charge in [-0.3, -0.25) is 9.59 Å². The molecule has 1 amide bonds. The fraction of sp³-hybridized carbons (Fsp3) is 0.393. The minimum atomic E-state index is -1.79. The number of alkyl halides is 1. The lowest BCUT2D eigenvalue weighted by Crippen LogP contribution is -2.35. The number of rotatable bonds is 12. The summed E-state index contributed by atoms with van der Waals surface area (Å²) in [6.45, 7) is 6.95. The van der Waals surface area contributed by atoms with Gasteiger partial charge in [-0.05, 0) is 61.6 Å². The van der Waals surface area contributed by atoms with E-state index in [4.69, 9.17) is 15.2 Å². The molecule has 1 fully saturated rings. The zero-order valence-electron chi connectivity index (χ0n) is 20.9. The van der Waals surface area contributed by atoms with Crippen LogP contribution in [0.25, 0.3) is 16.6 Å². The number of fused-ring (bicyclic) bond motifs is 1. The number of hydrogen-bond acceptors (Lipinski definition) is 5. The number of nitrogens with zero attached hydrogens (tertiary/aromatic N) is 2. The number of aromatic nitrogens is 2. The molecule has 0 spiro atoms. The lowest BCUT2D eigenvalue weighted by atomic mass is 9.85. The van der Waals surface area contributed by atoms with Crippen molar-refractivity contribution >= 4 is 17.2 Å². The van der Waals surface area contributed by atoms with E-state index in [0.29, 0.717) is 17.7 Å². The molecule has 0 bridgehead atoms. The van der Waals surface area contributed by atoms with Gasteiger partial charge in [0, 0.05) is 18.2 Å². The maximum atomic E-state index is 14.3. The van der Waals surface area contributed by atoms with Crippen molar-refractivity contribution < 1.29 is 23.5 Å². The Morgan fingerprint density at radius 3 is 2.67 bits per heavy atom. The van der Waals surface area contributed by atoms with Crippen LogP contribution in [0.15, 0.2) is 49.3 Å². The fourth-order valence-electron chi connectivity index (χ4n) is 4.24. The topological polar surface area (TPSA) is 95.9 Å². The number of ketones is 1. The molecular weight excluding hydrogens is 461 g/mol. The average Bonchev–Trinajstić information content (AvgIpc) is 3.58. The number of carbonyl (C=O) groups excluding carboxylic acids is 2. The number of nitrogens with two attached hydrogens (primary N) is 1. The van der Waals surface area contributed by atoms with Gasteiger partial charge in [0.1, 0.15) is 17.1 Å². The van der Waals surface area contributed by atoms with Crippen LogP contribution in [0.3, 0.4) is 0 Å². The number of hydrogen-bond donors (Lipinski definition) is 1. The maximum absolute atomic E-state index is 14.3. The second-order valence-corrected chi connectivity index (χ2v) is 9.81. The molecule has 3 aromatic rings. The minimum Gasteiger partial charge on any atom is -0.496 e. The summed E-state index contributed by atoms with van der Waals surface area (Å²) in [7, 11) is 1.47. The van der Waals surface area contributed by atoms with Gasteiger partial charge in [-0.1, -0.05) is 31.9 Å². The van der Waals surface area contributed by atoms with E-state index < -0.39 is 17.7 Å². The number of primary amides is 1. The number of Topliss-reactive ketones (excluding diaryl/α,β-unsaturated/α-hetero) is 1.